The van der Waals surface area contributed by atoms with Gasteiger partial charge in [0.2, 0.25) is 0 Å². The fraction of sp³-hybridized carbons (Fsp3) is 0.286. The summed E-state index contributed by atoms with van der Waals surface area (Å²) in [5.41, 5.74) is 2.01. The van der Waals surface area contributed by atoms with E-state index in [0.717, 1.165) is 24.2 Å². The van der Waals surface area contributed by atoms with Gasteiger partial charge in [-0.3, -0.25) is 4.57 Å². The first-order valence-corrected chi connectivity index (χ1v) is 7.99. The van der Waals surface area contributed by atoms with Crippen molar-refractivity contribution in [2.75, 3.05) is 0 Å². The Labute approximate surface area is 113 Å². The van der Waals surface area contributed by atoms with Gasteiger partial charge in [-0.1, -0.05) is 26.0 Å². The predicted octanol–water partition coefficient (Wildman–Crippen LogP) is 1.82. The van der Waals surface area contributed by atoms with E-state index in [9.17, 15) is 9.46 Å². The summed E-state index contributed by atoms with van der Waals surface area (Å²) in [5, 5.41) is 0. The van der Waals surface area contributed by atoms with Crippen LogP contribution >= 0.6 is 7.37 Å². The summed E-state index contributed by atoms with van der Waals surface area (Å²) < 4.78 is 12.6. The van der Waals surface area contributed by atoms with Gasteiger partial charge in [0.25, 0.3) is 7.37 Å². The first-order chi connectivity index (χ1) is 9.07. The van der Waals surface area contributed by atoms with Gasteiger partial charge in [-0.25, -0.2) is 9.97 Å². The van der Waals surface area contributed by atoms with Gasteiger partial charge in [0.15, 0.2) is 0 Å². The minimum atomic E-state index is -3.70. The highest BCUT2D eigenvalue weighted by atomic mass is 31.2. The van der Waals surface area contributed by atoms with Crippen molar-refractivity contribution in [3.63, 3.8) is 0 Å². The van der Waals surface area contributed by atoms with Crippen LogP contribution in [0.1, 0.15) is 25.2 Å². The summed E-state index contributed by atoms with van der Waals surface area (Å²) in [7, 11) is -3.70. The van der Waals surface area contributed by atoms with E-state index in [0.29, 0.717) is 0 Å². The van der Waals surface area contributed by atoms with Gasteiger partial charge in [0.1, 0.15) is 10.9 Å². The zero-order valence-corrected chi connectivity index (χ0v) is 12.0. The zero-order valence-electron chi connectivity index (χ0n) is 11.1. The lowest BCUT2D eigenvalue weighted by Gasteiger charge is -2.12. The summed E-state index contributed by atoms with van der Waals surface area (Å²) in [6.07, 6.45) is 1.46. The Morgan fingerprint density at radius 3 is 1.74 bits per heavy atom. The van der Waals surface area contributed by atoms with E-state index in [4.69, 9.17) is 0 Å². The van der Waals surface area contributed by atoms with Crippen LogP contribution < -0.4 is 10.9 Å². The fourth-order valence-corrected chi connectivity index (χ4v) is 3.12. The smallest absolute Gasteiger partial charge is 0.294 e. The molecule has 0 fully saturated rings. The van der Waals surface area contributed by atoms with Crippen LogP contribution in [0.15, 0.2) is 36.4 Å². The largest absolute Gasteiger partial charge is 0.336 e. The minimum Gasteiger partial charge on any atom is -0.336 e. The fourth-order valence-electron chi connectivity index (χ4n) is 1.78. The average molecular weight is 276 g/mol. The molecule has 0 aromatic carbocycles. The molecule has 0 spiro atoms. The lowest BCUT2D eigenvalue weighted by atomic mass is 10.3. The Bertz CT molecular complexity index is 577. The first-order valence-electron chi connectivity index (χ1n) is 6.33. The van der Waals surface area contributed by atoms with Crippen LogP contribution in [-0.2, 0) is 17.4 Å². The molecule has 2 aromatic heterocycles. The molecule has 0 saturated heterocycles. The molecule has 1 N–H and O–H groups in total. The zero-order chi connectivity index (χ0) is 13.9. The van der Waals surface area contributed by atoms with Gasteiger partial charge in [-0.05, 0) is 37.1 Å². The summed E-state index contributed by atoms with van der Waals surface area (Å²) in [4.78, 5) is 18.8. The average Bonchev–Trinajstić information content (AvgIpc) is 2.47. The van der Waals surface area contributed by atoms with Crippen LogP contribution in [0.25, 0.3) is 0 Å². The molecular formula is C14H17N2O2P. The van der Waals surface area contributed by atoms with E-state index in [1.807, 2.05) is 26.0 Å². The maximum absolute atomic E-state index is 12.6. The van der Waals surface area contributed by atoms with E-state index in [1.54, 1.807) is 24.3 Å². The molecule has 0 aliphatic rings. The molecule has 0 aliphatic heterocycles. The van der Waals surface area contributed by atoms with Crippen molar-refractivity contribution < 1.29 is 9.46 Å². The molecule has 5 heteroatoms. The molecule has 2 aromatic rings. The van der Waals surface area contributed by atoms with Crippen molar-refractivity contribution in [2.24, 2.45) is 0 Å². The molecule has 0 aliphatic carbocycles. The first kappa shape index (κ1) is 13.9. The molecule has 0 amide bonds. The molecule has 100 valence electrons. The van der Waals surface area contributed by atoms with Crippen molar-refractivity contribution in [3.05, 3.63) is 47.8 Å². The van der Waals surface area contributed by atoms with Gasteiger partial charge in [-0.15, -0.1) is 0 Å². The summed E-state index contributed by atoms with van der Waals surface area (Å²) in [5.74, 6) is 0. The van der Waals surface area contributed by atoms with E-state index in [2.05, 4.69) is 9.97 Å². The van der Waals surface area contributed by atoms with Crippen LogP contribution in [0.5, 0.6) is 0 Å². The number of pyridine rings is 2. The number of hydrogen-bond acceptors (Lipinski definition) is 3. The standard InChI is InChI=1S/C14H17N2O2P/c1-3-11-7-5-9-13(15-11)19(17,18)14-10-6-8-12(4-2)16-14/h5-10H,3-4H2,1-2H3,(H,17,18). The maximum atomic E-state index is 12.6. The second-order valence-corrected chi connectivity index (χ2v) is 6.33. The molecule has 2 rings (SSSR count). The van der Waals surface area contributed by atoms with Gasteiger partial charge in [0.05, 0.1) is 0 Å². The van der Waals surface area contributed by atoms with Crippen molar-refractivity contribution >= 4 is 18.2 Å². The summed E-state index contributed by atoms with van der Waals surface area (Å²) in [6, 6.07) is 10.4. The Kier molecular flexibility index (Phi) is 4.13. The molecule has 0 atom stereocenters. The topological polar surface area (TPSA) is 63.1 Å². The predicted molar refractivity (Wildman–Crippen MR) is 76.3 cm³/mol. The highest BCUT2D eigenvalue weighted by Gasteiger charge is 2.27. The molecule has 0 bridgehead atoms. The van der Waals surface area contributed by atoms with E-state index in [-0.39, 0.29) is 10.9 Å². The lowest BCUT2D eigenvalue weighted by Crippen LogP contribution is -2.22. The lowest BCUT2D eigenvalue weighted by molar-refractivity contribution is 0.498. The molecule has 0 radical (unpaired) electrons. The quantitative estimate of drug-likeness (QED) is 0.865. The van der Waals surface area contributed by atoms with Crippen molar-refractivity contribution in [3.8, 4) is 0 Å². The third kappa shape index (κ3) is 2.91. The van der Waals surface area contributed by atoms with Crippen LogP contribution in [0.4, 0.5) is 0 Å². The molecular weight excluding hydrogens is 259 g/mol. The SMILES string of the molecule is CCc1cccc(P(=O)(O)c2cccc(CC)n2)n1. The van der Waals surface area contributed by atoms with Crippen LogP contribution in [0.2, 0.25) is 0 Å². The molecule has 19 heavy (non-hydrogen) atoms. The van der Waals surface area contributed by atoms with Gasteiger partial charge >= 0.3 is 0 Å². The van der Waals surface area contributed by atoms with Gasteiger partial charge in [0, 0.05) is 11.4 Å². The maximum Gasteiger partial charge on any atom is 0.294 e. The third-order valence-corrected chi connectivity index (χ3v) is 4.67. The van der Waals surface area contributed by atoms with Crippen LogP contribution in [-0.4, -0.2) is 14.9 Å². The number of rotatable bonds is 4. The molecule has 4 nitrogen and oxygen atoms in total. The van der Waals surface area contributed by atoms with E-state index in [1.165, 1.54) is 0 Å². The van der Waals surface area contributed by atoms with E-state index >= 15 is 0 Å². The number of nitrogens with zero attached hydrogens (tertiary/aromatic N) is 2. The van der Waals surface area contributed by atoms with E-state index < -0.39 is 7.37 Å². The molecule has 0 saturated carbocycles. The minimum absolute atomic E-state index is 0.201. The Morgan fingerprint density at radius 1 is 0.947 bits per heavy atom. The number of aromatic nitrogens is 2. The number of aryl methyl sites for hydroxylation is 2. The van der Waals surface area contributed by atoms with Crippen molar-refractivity contribution in [1.29, 1.82) is 0 Å². The highest BCUT2D eigenvalue weighted by molar-refractivity contribution is 7.73. The second kappa shape index (κ2) is 5.64. The molecule has 0 unspecified atom stereocenters. The number of hydrogen-bond donors (Lipinski definition) is 1. The van der Waals surface area contributed by atoms with Crippen LogP contribution in [0, 0.1) is 0 Å². The summed E-state index contributed by atoms with van der Waals surface area (Å²) in [6.45, 7) is 3.93. The Balaban J connectivity index is 2.48. The molecule has 2 heterocycles. The normalized spacial score (nSPS) is 11.5. The van der Waals surface area contributed by atoms with Crippen LogP contribution in [0.3, 0.4) is 0 Å². The highest BCUT2D eigenvalue weighted by Crippen LogP contribution is 2.36. The van der Waals surface area contributed by atoms with Crippen molar-refractivity contribution in [2.45, 2.75) is 26.7 Å². The third-order valence-electron chi connectivity index (χ3n) is 2.93. The monoisotopic (exact) mass is 276 g/mol. The Hall–Kier alpha value is -1.51. The Morgan fingerprint density at radius 2 is 1.37 bits per heavy atom. The van der Waals surface area contributed by atoms with Gasteiger partial charge < -0.3 is 4.89 Å². The van der Waals surface area contributed by atoms with Crippen molar-refractivity contribution in [1.82, 2.24) is 9.97 Å². The second-order valence-electron chi connectivity index (χ2n) is 4.26. The van der Waals surface area contributed by atoms with Gasteiger partial charge in [-0.2, -0.15) is 0 Å². The summed E-state index contributed by atoms with van der Waals surface area (Å²) >= 11 is 0.